The SMILES string of the molecule is CO/C=C/c1ccc(Cl)cc1-c1cccc2c1[se]c1ccccc12. The van der Waals surface area contributed by atoms with Crippen LogP contribution in [0, 0.1) is 0 Å². The fourth-order valence-electron chi connectivity index (χ4n) is 3.01. The Morgan fingerprint density at radius 1 is 0.917 bits per heavy atom. The number of ether oxygens (including phenoxy) is 1. The molecule has 0 fully saturated rings. The minimum absolute atomic E-state index is 0.313. The summed E-state index contributed by atoms with van der Waals surface area (Å²) in [6.07, 6.45) is 3.69. The third kappa shape index (κ3) is 2.67. The van der Waals surface area contributed by atoms with E-state index in [9.17, 15) is 0 Å². The predicted molar refractivity (Wildman–Crippen MR) is 105 cm³/mol. The normalized spacial score (nSPS) is 11.6. The van der Waals surface area contributed by atoms with Crippen molar-refractivity contribution in [1.82, 2.24) is 0 Å². The summed E-state index contributed by atoms with van der Waals surface area (Å²) in [6, 6.07) is 21.3. The van der Waals surface area contributed by atoms with Gasteiger partial charge in [-0.25, -0.2) is 0 Å². The van der Waals surface area contributed by atoms with E-state index in [1.54, 1.807) is 13.4 Å². The molecule has 4 aromatic rings. The molecule has 4 rings (SSSR count). The van der Waals surface area contributed by atoms with Gasteiger partial charge in [-0.05, 0) is 0 Å². The first kappa shape index (κ1) is 15.5. The molecule has 118 valence electrons. The van der Waals surface area contributed by atoms with Crippen molar-refractivity contribution in [2.75, 3.05) is 7.11 Å². The summed E-state index contributed by atoms with van der Waals surface area (Å²) in [7, 11) is 1.66. The molecule has 3 aromatic carbocycles. The van der Waals surface area contributed by atoms with E-state index in [1.807, 2.05) is 24.3 Å². The van der Waals surface area contributed by atoms with Gasteiger partial charge in [-0.1, -0.05) is 0 Å². The van der Waals surface area contributed by atoms with E-state index >= 15 is 0 Å². The Morgan fingerprint density at radius 3 is 2.62 bits per heavy atom. The molecular weight excluding hydrogens is 383 g/mol. The van der Waals surface area contributed by atoms with Gasteiger partial charge in [0.25, 0.3) is 0 Å². The van der Waals surface area contributed by atoms with Gasteiger partial charge < -0.3 is 0 Å². The van der Waals surface area contributed by atoms with E-state index in [0.29, 0.717) is 14.5 Å². The second-order valence-corrected chi connectivity index (χ2v) is 8.19. The Labute approximate surface area is 151 Å². The van der Waals surface area contributed by atoms with Crippen molar-refractivity contribution in [1.29, 1.82) is 0 Å². The van der Waals surface area contributed by atoms with Crippen LogP contribution in [-0.4, -0.2) is 21.6 Å². The van der Waals surface area contributed by atoms with E-state index in [2.05, 4.69) is 42.5 Å². The Balaban J connectivity index is 2.03. The molecule has 1 aromatic heterocycles. The summed E-state index contributed by atoms with van der Waals surface area (Å²) < 4.78 is 7.98. The second kappa shape index (κ2) is 6.49. The molecule has 1 heterocycles. The van der Waals surface area contributed by atoms with Crippen LogP contribution in [0.4, 0.5) is 0 Å². The molecular formula is C21H15ClOSe. The van der Waals surface area contributed by atoms with Gasteiger partial charge >= 0.3 is 152 Å². The zero-order chi connectivity index (χ0) is 16.5. The minimum atomic E-state index is 0.313. The monoisotopic (exact) mass is 398 g/mol. The third-order valence-corrected chi connectivity index (χ3v) is 6.89. The number of benzene rings is 3. The maximum atomic E-state index is 6.29. The van der Waals surface area contributed by atoms with Crippen LogP contribution in [0.2, 0.25) is 5.02 Å². The zero-order valence-corrected chi connectivity index (χ0v) is 15.6. The number of hydrogen-bond donors (Lipinski definition) is 0. The molecule has 0 saturated carbocycles. The van der Waals surface area contributed by atoms with Crippen molar-refractivity contribution >= 4 is 51.5 Å². The van der Waals surface area contributed by atoms with Gasteiger partial charge in [-0.15, -0.1) is 0 Å². The van der Waals surface area contributed by atoms with Crippen molar-refractivity contribution in [3.05, 3.63) is 77.5 Å². The fraction of sp³-hybridized carbons (Fsp3) is 0.0476. The molecule has 0 atom stereocenters. The Kier molecular flexibility index (Phi) is 4.20. The van der Waals surface area contributed by atoms with Gasteiger partial charge in [-0.3, -0.25) is 0 Å². The maximum absolute atomic E-state index is 6.29. The molecule has 24 heavy (non-hydrogen) atoms. The van der Waals surface area contributed by atoms with E-state index in [-0.39, 0.29) is 0 Å². The van der Waals surface area contributed by atoms with Crippen LogP contribution in [0.3, 0.4) is 0 Å². The van der Waals surface area contributed by atoms with E-state index in [4.69, 9.17) is 16.3 Å². The quantitative estimate of drug-likeness (QED) is 0.305. The summed E-state index contributed by atoms with van der Waals surface area (Å²) >= 11 is 6.60. The first-order valence-electron chi connectivity index (χ1n) is 7.67. The predicted octanol–water partition coefficient (Wildman–Crippen LogP) is 5.99. The molecule has 0 spiro atoms. The van der Waals surface area contributed by atoms with Crippen molar-refractivity contribution in [2.45, 2.75) is 0 Å². The topological polar surface area (TPSA) is 9.23 Å². The van der Waals surface area contributed by atoms with Gasteiger partial charge in [0, 0.05) is 0 Å². The van der Waals surface area contributed by atoms with Crippen LogP contribution in [0.25, 0.3) is 36.5 Å². The van der Waals surface area contributed by atoms with E-state index in [0.717, 1.165) is 16.1 Å². The number of methoxy groups -OCH3 is 1. The molecule has 0 N–H and O–H groups in total. The summed E-state index contributed by atoms with van der Waals surface area (Å²) in [4.78, 5) is 0. The van der Waals surface area contributed by atoms with Crippen LogP contribution in [0.15, 0.2) is 66.9 Å². The van der Waals surface area contributed by atoms with E-state index in [1.165, 1.54) is 24.9 Å². The Bertz CT molecular complexity index is 1060. The molecule has 3 heteroatoms. The Hall–Kier alpha value is -1.99. The van der Waals surface area contributed by atoms with Crippen LogP contribution < -0.4 is 0 Å². The summed E-state index contributed by atoms with van der Waals surface area (Å²) in [5.41, 5.74) is 3.53. The van der Waals surface area contributed by atoms with Crippen LogP contribution in [-0.2, 0) is 4.74 Å². The molecule has 0 saturated heterocycles. The van der Waals surface area contributed by atoms with Crippen molar-refractivity contribution in [2.24, 2.45) is 0 Å². The van der Waals surface area contributed by atoms with Gasteiger partial charge in [0.1, 0.15) is 0 Å². The molecule has 0 radical (unpaired) electrons. The van der Waals surface area contributed by atoms with Crippen LogP contribution >= 0.6 is 11.6 Å². The molecule has 0 amide bonds. The summed E-state index contributed by atoms with van der Waals surface area (Å²) in [5, 5.41) is 3.47. The standard InChI is InChI=1S/C21H15ClOSe/c1-23-12-11-14-9-10-15(22)13-19(14)18-7-4-6-17-16-5-2-3-8-20(16)24-21(17)18/h2-13H,1H3/b12-11+. The van der Waals surface area contributed by atoms with Gasteiger partial charge in [0.15, 0.2) is 0 Å². The number of hydrogen-bond acceptors (Lipinski definition) is 1. The number of halogens is 1. The summed E-state index contributed by atoms with van der Waals surface area (Å²) in [6.45, 7) is 0. The van der Waals surface area contributed by atoms with E-state index < -0.39 is 0 Å². The molecule has 0 aliphatic rings. The molecule has 1 nitrogen and oxygen atoms in total. The molecule has 0 aliphatic heterocycles. The van der Waals surface area contributed by atoms with Gasteiger partial charge in [0.2, 0.25) is 0 Å². The third-order valence-electron chi connectivity index (χ3n) is 4.09. The Morgan fingerprint density at radius 2 is 1.75 bits per heavy atom. The van der Waals surface area contributed by atoms with Gasteiger partial charge in [0.05, 0.1) is 0 Å². The number of fused-ring (bicyclic) bond motifs is 3. The molecule has 0 bridgehead atoms. The van der Waals surface area contributed by atoms with Gasteiger partial charge in [-0.2, -0.15) is 0 Å². The average Bonchev–Trinajstić information content (AvgIpc) is 2.99. The second-order valence-electron chi connectivity index (χ2n) is 5.55. The zero-order valence-electron chi connectivity index (χ0n) is 13.1. The van der Waals surface area contributed by atoms with Crippen LogP contribution in [0.5, 0.6) is 0 Å². The first-order chi connectivity index (χ1) is 11.8. The van der Waals surface area contributed by atoms with Crippen molar-refractivity contribution in [3.63, 3.8) is 0 Å². The molecule has 0 aliphatic carbocycles. The van der Waals surface area contributed by atoms with Crippen molar-refractivity contribution in [3.8, 4) is 11.1 Å². The average molecular weight is 398 g/mol. The number of rotatable bonds is 3. The molecule has 0 unspecified atom stereocenters. The van der Waals surface area contributed by atoms with Crippen molar-refractivity contribution < 1.29 is 4.74 Å². The first-order valence-corrected chi connectivity index (χ1v) is 9.76. The summed E-state index contributed by atoms with van der Waals surface area (Å²) in [5.74, 6) is 0. The van der Waals surface area contributed by atoms with Crippen LogP contribution in [0.1, 0.15) is 5.56 Å². The fourth-order valence-corrected chi connectivity index (χ4v) is 5.76.